The van der Waals surface area contributed by atoms with Crippen LogP contribution >= 0.6 is 11.8 Å². The molecule has 0 aromatic heterocycles. The lowest BCUT2D eigenvalue weighted by atomic mass is 9.98. The van der Waals surface area contributed by atoms with Crippen molar-refractivity contribution in [2.45, 2.75) is 56.9 Å². The van der Waals surface area contributed by atoms with Gasteiger partial charge in [0, 0.05) is 4.90 Å². The fourth-order valence-corrected chi connectivity index (χ4v) is 2.99. The van der Waals surface area contributed by atoms with Crippen LogP contribution in [0.25, 0.3) is 0 Å². The second-order valence-corrected chi connectivity index (χ2v) is 6.82. The first-order valence-electron chi connectivity index (χ1n) is 7.40. The summed E-state index contributed by atoms with van der Waals surface area (Å²) in [6.07, 6.45) is 1.95. The number of thioether (sulfide) groups is 1. The molecular formula is C17H26N2S. The highest BCUT2D eigenvalue weighted by molar-refractivity contribution is 7.99. The van der Waals surface area contributed by atoms with Gasteiger partial charge in [0.25, 0.3) is 0 Å². The van der Waals surface area contributed by atoms with Gasteiger partial charge in [0.15, 0.2) is 0 Å². The summed E-state index contributed by atoms with van der Waals surface area (Å²) in [5.41, 5.74) is 1.01. The minimum atomic E-state index is -0.378. The minimum absolute atomic E-state index is 0.378. The van der Waals surface area contributed by atoms with Gasteiger partial charge in [-0.3, -0.25) is 5.32 Å². The molecule has 0 aliphatic rings. The Morgan fingerprint density at radius 3 is 2.45 bits per heavy atom. The molecule has 1 rings (SSSR count). The van der Waals surface area contributed by atoms with Crippen LogP contribution in [0.4, 0.5) is 0 Å². The van der Waals surface area contributed by atoms with Gasteiger partial charge < -0.3 is 0 Å². The Labute approximate surface area is 128 Å². The third-order valence-corrected chi connectivity index (χ3v) is 4.55. The summed E-state index contributed by atoms with van der Waals surface area (Å²) in [4.78, 5) is 1.32. The quantitative estimate of drug-likeness (QED) is 0.562. The molecule has 0 heterocycles. The van der Waals surface area contributed by atoms with E-state index in [9.17, 15) is 5.26 Å². The van der Waals surface area contributed by atoms with E-state index in [0.717, 1.165) is 25.1 Å². The summed E-state index contributed by atoms with van der Waals surface area (Å²) in [5.74, 6) is 1.65. The second kappa shape index (κ2) is 8.34. The van der Waals surface area contributed by atoms with E-state index in [1.165, 1.54) is 10.5 Å². The molecule has 1 aromatic rings. The van der Waals surface area contributed by atoms with E-state index in [4.69, 9.17) is 0 Å². The van der Waals surface area contributed by atoms with Crippen LogP contribution in [0, 0.1) is 11.3 Å². The van der Waals surface area contributed by atoms with Gasteiger partial charge in [0.2, 0.25) is 0 Å². The molecule has 0 bridgehead atoms. The van der Waals surface area contributed by atoms with Gasteiger partial charge in [-0.25, -0.2) is 0 Å². The number of benzene rings is 1. The predicted octanol–water partition coefficient (Wildman–Crippen LogP) is 4.57. The van der Waals surface area contributed by atoms with Crippen molar-refractivity contribution in [3.05, 3.63) is 29.8 Å². The van der Waals surface area contributed by atoms with Crippen LogP contribution in [-0.4, -0.2) is 17.8 Å². The Morgan fingerprint density at radius 1 is 1.30 bits per heavy atom. The molecule has 0 aliphatic heterocycles. The first-order chi connectivity index (χ1) is 9.50. The Morgan fingerprint density at radius 2 is 1.95 bits per heavy atom. The second-order valence-electron chi connectivity index (χ2n) is 5.65. The van der Waals surface area contributed by atoms with Crippen LogP contribution in [0.5, 0.6) is 0 Å². The van der Waals surface area contributed by atoms with E-state index in [0.29, 0.717) is 5.92 Å². The molecule has 1 N–H and O–H groups in total. The maximum atomic E-state index is 9.20. The smallest absolute Gasteiger partial charge is 0.103 e. The summed E-state index contributed by atoms with van der Waals surface area (Å²) in [6.45, 7) is 9.30. The number of nitrogens with zero attached hydrogens (tertiary/aromatic N) is 1. The maximum absolute atomic E-state index is 9.20. The van der Waals surface area contributed by atoms with Crippen LogP contribution in [0.1, 0.15) is 52.0 Å². The summed E-state index contributed by atoms with van der Waals surface area (Å²) in [7, 11) is 0. The van der Waals surface area contributed by atoms with Crippen molar-refractivity contribution in [3.8, 4) is 6.07 Å². The van der Waals surface area contributed by atoms with Crippen LogP contribution in [0.3, 0.4) is 0 Å². The number of nitrogens with one attached hydrogen (secondary N) is 1. The van der Waals surface area contributed by atoms with Crippen molar-refractivity contribution in [2.24, 2.45) is 0 Å². The van der Waals surface area contributed by atoms with Gasteiger partial charge >= 0.3 is 0 Å². The maximum Gasteiger partial charge on any atom is 0.103 e. The molecule has 2 nitrogen and oxygen atoms in total. The van der Waals surface area contributed by atoms with E-state index >= 15 is 0 Å². The predicted molar refractivity (Wildman–Crippen MR) is 88.2 cm³/mol. The van der Waals surface area contributed by atoms with E-state index in [2.05, 4.69) is 49.5 Å². The highest BCUT2D eigenvalue weighted by atomic mass is 32.2. The minimum Gasteiger partial charge on any atom is -0.300 e. The zero-order valence-corrected chi connectivity index (χ0v) is 13.9. The van der Waals surface area contributed by atoms with Gasteiger partial charge in [0.05, 0.1) is 6.07 Å². The van der Waals surface area contributed by atoms with Crippen LogP contribution in [0.2, 0.25) is 0 Å². The molecule has 0 spiro atoms. The molecule has 0 radical (unpaired) electrons. The highest BCUT2D eigenvalue weighted by Gasteiger charge is 2.21. The molecule has 0 fully saturated rings. The molecule has 1 atom stereocenters. The Bertz CT molecular complexity index is 433. The van der Waals surface area contributed by atoms with Gasteiger partial charge in [-0.2, -0.15) is 5.26 Å². The third-order valence-electron chi connectivity index (χ3n) is 3.45. The molecule has 1 unspecified atom stereocenters. The normalized spacial score (nSPS) is 14.0. The molecule has 0 aliphatic carbocycles. The third kappa shape index (κ3) is 5.56. The zero-order valence-electron chi connectivity index (χ0n) is 13.1. The van der Waals surface area contributed by atoms with Crippen molar-refractivity contribution < 1.29 is 0 Å². The lowest BCUT2D eigenvalue weighted by Crippen LogP contribution is -2.40. The molecule has 0 saturated heterocycles. The van der Waals surface area contributed by atoms with Gasteiger partial charge in [0.1, 0.15) is 5.54 Å². The van der Waals surface area contributed by atoms with Gasteiger partial charge in [-0.15, -0.1) is 11.8 Å². The van der Waals surface area contributed by atoms with Crippen LogP contribution in [0.15, 0.2) is 29.2 Å². The molecular weight excluding hydrogens is 264 g/mol. The summed E-state index contributed by atoms with van der Waals surface area (Å²) < 4.78 is 0. The van der Waals surface area contributed by atoms with Gasteiger partial charge in [-0.1, -0.05) is 32.9 Å². The van der Waals surface area contributed by atoms with E-state index in [1.807, 2.05) is 25.6 Å². The lowest BCUT2D eigenvalue weighted by Gasteiger charge is -2.22. The summed E-state index contributed by atoms with van der Waals surface area (Å²) in [5, 5.41) is 12.5. The van der Waals surface area contributed by atoms with E-state index in [1.54, 1.807) is 0 Å². The SMILES string of the molecule is CCNC(C)(C#N)CCCSc1ccc(C(C)C)cc1. The molecule has 0 saturated carbocycles. The molecule has 3 heteroatoms. The Hall–Kier alpha value is -0.980. The Kier molecular flexibility index (Phi) is 7.12. The van der Waals surface area contributed by atoms with Crippen molar-refractivity contribution >= 4 is 11.8 Å². The van der Waals surface area contributed by atoms with Crippen molar-refractivity contribution in [3.63, 3.8) is 0 Å². The zero-order chi connectivity index (χ0) is 15.0. The van der Waals surface area contributed by atoms with Crippen LogP contribution < -0.4 is 5.32 Å². The largest absolute Gasteiger partial charge is 0.300 e. The highest BCUT2D eigenvalue weighted by Crippen LogP contribution is 2.23. The fraction of sp³-hybridized carbons (Fsp3) is 0.588. The topological polar surface area (TPSA) is 35.8 Å². The number of nitriles is 1. The Balaban J connectivity index is 2.36. The van der Waals surface area contributed by atoms with Crippen molar-refractivity contribution in [1.29, 1.82) is 5.26 Å². The molecule has 1 aromatic carbocycles. The first kappa shape index (κ1) is 17.1. The molecule has 110 valence electrons. The van der Waals surface area contributed by atoms with Crippen molar-refractivity contribution in [1.82, 2.24) is 5.32 Å². The monoisotopic (exact) mass is 290 g/mol. The number of hydrogen-bond donors (Lipinski definition) is 1. The van der Waals surface area contributed by atoms with Gasteiger partial charge in [-0.05, 0) is 55.7 Å². The average molecular weight is 290 g/mol. The van der Waals surface area contributed by atoms with E-state index < -0.39 is 0 Å². The fourth-order valence-electron chi connectivity index (χ4n) is 2.14. The number of rotatable bonds is 8. The standard InChI is InChI=1S/C17H26N2S/c1-5-19-17(4,13-18)11-6-12-20-16-9-7-15(8-10-16)14(2)3/h7-10,14,19H,5-6,11-12H2,1-4H3. The van der Waals surface area contributed by atoms with E-state index in [-0.39, 0.29) is 5.54 Å². The van der Waals surface area contributed by atoms with Crippen LogP contribution in [-0.2, 0) is 0 Å². The first-order valence-corrected chi connectivity index (χ1v) is 8.38. The summed E-state index contributed by atoms with van der Waals surface area (Å²) in [6, 6.07) is 11.2. The molecule has 20 heavy (non-hydrogen) atoms. The summed E-state index contributed by atoms with van der Waals surface area (Å²) >= 11 is 1.87. The molecule has 0 amide bonds. The average Bonchev–Trinajstić information content (AvgIpc) is 2.44. The van der Waals surface area contributed by atoms with Crippen molar-refractivity contribution in [2.75, 3.05) is 12.3 Å². The number of hydrogen-bond acceptors (Lipinski definition) is 3. The lowest BCUT2D eigenvalue weighted by molar-refractivity contribution is 0.426.